The lowest BCUT2D eigenvalue weighted by atomic mass is 10.1. The van der Waals surface area contributed by atoms with Gasteiger partial charge in [0.2, 0.25) is 0 Å². The van der Waals surface area contributed by atoms with Crippen LogP contribution in [0.5, 0.6) is 0 Å². The highest BCUT2D eigenvalue weighted by molar-refractivity contribution is 6.11. The number of carbonyl (C=O) groups excluding carboxylic acids is 1. The fourth-order valence-electron chi connectivity index (χ4n) is 2.50. The third-order valence-electron chi connectivity index (χ3n) is 3.63. The van der Waals surface area contributed by atoms with Crippen LogP contribution in [0.3, 0.4) is 0 Å². The number of benzene rings is 2. The Morgan fingerprint density at radius 2 is 1.83 bits per heavy atom. The molecule has 0 unspecified atom stereocenters. The van der Waals surface area contributed by atoms with Crippen LogP contribution in [-0.2, 0) is 4.79 Å². The molecular weight excluding hydrogens is 286 g/mol. The summed E-state index contributed by atoms with van der Waals surface area (Å²) in [7, 11) is 0. The van der Waals surface area contributed by atoms with Crippen LogP contribution >= 0.6 is 0 Å². The minimum Gasteiger partial charge on any atom is -0.358 e. The number of nitrogens with one attached hydrogen (secondary N) is 2. The number of para-hydroxylation sites is 2. The van der Waals surface area contributed by atoms with Gasteiger partial charge in [-0.05, 0) is 31.2 Å². The molecule has 3 rings (SSSR count). The first-order valence-electron chi connectivity index (χ1n) is 7.24. The topological polar surface area (TPSA) is 68.7 Å². The van der Waals surface area contributed by atoms with Gasteiger partial charge in [-0.2, -0.15) is 5.26 Å². The summed E-state index contributed by atoms with van der Waals surface area (Å²) in [6.45, 7) is 1.93. The first-order valence-corrected chi connectivity index (χ1v) is 7.24. The van der Waals surface area contributed by atoms with E-state index in [1.54, 1.807) is 18.2 Å². The lowest BCUT2D eigenvalue weighted by molar-refractivity contribution is -0.112. The van der Waals surface area contributed by atoms with Crippen LogP contribution in [0.25, 0.3) is 17.0 Å². The number of nitriles is 1. The third kappa shape index (κ3) is 2.99. The van der Waals surface area contributed by atoms with Crippen molar-refractivity contribution in [3.63, 3.8) is 0 Å². The lowest BCUT2D eigenvalue weighted by Crippen LogP contribution is -2.13. The molecule has 1 amide bonds. The minimum absolute atomic E-state index is 0.0710. The molecule has 2 aromatic carbocycles. The second kappa shape index (κ2) is 6.20. The van der Waals surface area contributed by atoms with Crippen molar-refractivity contribution in [2.75, 3.05) is 5.32 Å². The van der Waals surface area contributed by atoms with Crippen molar-refractivity contribution in [2.24, 2.45) is 0 Å². The van der Waals surface area contributed by atoms with E-state index in [-0.39, 0.29) is 5.57 Å². The van der Waals surface area contributed by atoms with Crippen LogP contribution in [0.2, 0.25) is 0 Å². The average molecular weight is 301 g/mol. The molecule has 4 nitrogen and oxygen atoms in total. The number of rotatable bonds is 3. The monoisotopic (exact) mass is 301 g/mol. The molecule has 0 aliphatic carbocycles. The van der Waals surface area contributed by atoms with Gasteiger partial charge in [-0.15, -0.1) is 0 Å². The van der Waals surface area contributed by atoms with Crippen LogP contribution in [0.15, 0.2) is 60.2 Å². The van der Waals surface area contributed by atoms with Crippen LogP contribution < -0.4 is 5.32 Å². The van der Waals surface area contributed by atoms with Gasteiger partial charge in [0.25, 0.3) is 5.91 Å². The molecule has 0 saturated heterocycles. The number of nitrogens with zero attached hydrogens (tertiary/aromatic N) is 1. The van der Waals surface area contributed by atoms with E-state index in [0.29, 0.717) is 5.69 Å². The predicted octanol–water partition coefficient (Wildman–Crippen LogP) is 4.02. The van der Waals surface area contributed by atoms with Crippen molar-refractivity contribution in [1.82, 2.24) is 4.98 Å². The summed E-state index contributed by atoms with van der Waals surface area (Å²) < 4.78 is 0. The summed E-state index contributed by atoms with van der Waals surface area (Å²) >= 11 is 0. The van der Waals surface area contributed by atoms with Crippen molar-refractivity contribution in [1.29, 1.82) is 5.26 Å². The molecule has 0 aliphatic heterocycles. The summed E-state index contributed by atoms with van der Waals surface area (Å²) in [5, 5.41) is 13.1. The van der Waals surface area contributed by atoms with Crippen LogP contribution in [0.4, 0.5) is 5.69 Å². The third-order valence-corrected chi connectivity index (χ3v) is 3.63. The van der Waals surface area contributed by atoms with E-state index in [4.69, 9.17) is 0 Å². The van der Waals surface area contributed by atoms with Crippen molar-refractivity contribution in [3.05, 3.63) is 71.4 Å². The van der Waals surface area contributed by atoms with Gasteiger partial charge in [-0.1, -0.05) is 36.4 Å². The van der Waals surface area contributed by atoms with Crippen molar-refractivity contribution in [2.45, 2.75) is 6.92 Å². The van der Waals surface area contributed by atoms with Gasteiger partial charge in [0.15, 0.2) is 0 Å². The van der Waals surface area contributed by atoms with Crippen LogP contribution in [0, 0.1) is 18.3 Å². The molecule has 0 bridgehead atoms. The molecule has 1 aromatic heterocycles. The number of hydrogen-bond acceptors (Lipinski definition) is 2. The number of amides is 1. The number of hydrogen-bond donors (Lipinski definition) is 2. The minimum atomic E-state index is -0.414. The molecule has 0 spiro atoms. The normalized spacial score (nSPS) is 11.2. The fraction of sp³-hybridized carbons (Fsp3) is 0.0526. The summed E-state index contributed by atoms with van der Waals surface area (Å²) in [6.07, 6.45) is 1.63. The summed E-state index contributed by atoms with van der Waals surface area (Å²) in [5.41, 5.74) is 3.50. The highest BCUT2D eigenvalue weighted by Gasteiger charge is 2.12. The maximum atomic E-state index is 12.3. The molecule has 3 aromatic rings. The molecule has 4 heteroatoms. The molecule has 1 heterocycles. The highest BCUT2D eigenvalue weighted by atomic mass is 16.1. The number of aromatic nitrogens is 1. The van der Waals surface area contributed by atoms with E-state index in [1.165, 1.54) is 0 Å². The largest absolute Gasteiger partial charge is 0.358 e. The number of aryl methyl sites for hydroxylation is 1. The van der Waals surface area contributed by atoms with Gasteiger partial charge >= 0.3 is 0 Å². The van der Waals surface area contributed by atoms with Gasteiger partial charge in [0.1, 0.15) is 11.6 Å². The van der Waals surface area contributed by atoms with E-state index in [9.17, 15) is 10.1 Å². The molecule has 0 fully saturated rings. The maximum Gasteiger partial charge on any atom is 0.266 e. The van der Waals surface area contributed by atoms with Crippen LogP contribution in [0.1, 0.15) is 11.3 Å². The van der Waals surface area contributed by atoms with Gasteiger partial charge in [-0.3, -0.25) is 4.79 Å². The Hall–Kier alpha value is -3.32. The van der Waals surface area contributed by atoms with E-state index >= 15 is 0 Å². The zero-order chi connectivity index (χ0) is 16.2. The Labute approximate surface area is 134 Å². The van der Waals surface area contributed by atoms with Crippen molar-refractivity contribution >= 4 is 28.6 Å². The van der Waals surface area contributed by atoms with E-state index in [0.717, 1.165) is 22.2 Å². The fourth-order valence-corrected chi connectivity index (χ4v) is 2.50. The quantitative estimate of drug-likeness (QED) is 0.566. The molecule has 0 radical (unpaired) electrons. The van der Waals surface area contributed by atoms with Gasteiger partial charge in [-0.25, -0.2) is 0 Å². The van der Waals surface area contributed by atoms with Gasteiger partial charge in [0, 0.05) is 27.8 Å². The Morgan fingerprint density at radius 3 is 2.57 bits per heavy atom. The average Bonchev–Trinajstić information content (AvgIpc) is 2.88. The molecule has 0 aliphatic rings. The molecular formula is C19H15N3O. The second-order valence-corrected chi connectivity index (χ2v) is 5.20. The highest BCUT2D eigenvalue weighted by Crippen LogP contribution is 2.24. The first-order chi connectivity index (χ1) is 11.2. The van der Waals surface area contributed by atoms with Crippen molar-refractivity contribution < 1.29 is 4.79 Å². The van der Waals surface area contributed by atoms with Crippen LogP contribution in [-0.4, -0.2) is 10.9 Å². The van der Waals surface area contributed by atoms with E-state index in [1.807, 2.05) is 55.5 Å². The van der Waals surface area contributed by atoms with E-state index in [2.05, 4.69) is 10.3 Å². The molecule has 23 heavy (non-hydrogen) atoms. The lowest BCUT2D eigenvalue weighted by Gasteiger charge is -2.03. The van der Waals surface area contributed by atoms with E-state index < -0.39 is 5.91 Å². The molecule has 112 valence electrons. The molecule has 0 saturated carbocycles. The summed E-state index contributed by atoms with van der Waals surface area (Å²) in [4.78, 5) is 15.6. The Balaban J connectivity index is 1.96. The number of H-pyrrole nitrogens is 1. The molecule has 2 N–H and O–H groups in total. The van der Waals surface area contributed by atoms with Gasteiger partial charge < -0.3 is 10.3 Å². The smallest absolute Gasteiger partial charge is 0.266 e. The standard InChI is InChI=1S/C19H15N3O/c1-13-17(16-9-5-6-10-18(16)21-13)11-14(12-20)19(23)22-15-7-3-2-4-8-15/h2-11,21H,1H3,(H,22,23)/b14-11+. The predicted molar refractivity (Wildman–Crippen MR) is 91.7 cm³/mol. The molecule has 0 atom stereocenters. The zero-order valence-corrected chi connectivity index (χ0v) is 12.6. The number of aromatic amines is 1. The maximum absolute atomic E-state index is 12.3. The number of carbonyl (C=O) groups is 1. The van der Waals surface area contributed by atoms with Gasteiger partial charge in [0.05, 0.1) is 0 Å². The second-order valence-electron chi connectivity index (χ2n) is 5.20. The number of anilines is 1. The Bertz CT molecular complexity index is 930. The summed E-state index contributed by atoms with van der Waals surface area (Å²) in [6, 6.07) is 18.9. The SMILES string of the molecule is Cc1[nH]c2ccccc2c1/C=C(\C#N)C(=O)Nc1ccccc1. The Morgan fingerprint density at radius 1 is 1.13 bits per heavy atom. The summed E-state index contributed by atoms with van der Waals surface area (Å²) in [5.74, 6) is -0.414. The van der Waals surface area contributed by atoms with Crippen molar-refractivity contribution in [3.8, 4) is 6.07 Å². The Kier molecular flexibility index (Phi) is 3.94. The number of fused-ring (bicyclic) bond motifs is 1. The first kappa shape index (κ1) is 14.6. The zero-order valence-electron chi connectivity index (χ0n) is 12.6.